The summed E-state index contributed by atoms with van der Waals surface area (Å²) in [5.41, 5.74) is 3.92. The van der Waals surface area contributed by atoms with Crippen molar-refractivity contribution in [2.24, 2.45) is 0 Å². The third-order valence-corrected chi connectivity index (χ3v) is 3.18. The van der Waals surface area contributed by atoms with Gasteiger partial charge in [-0.15, -0.1) is 6.58 Å². The van der Waals surface area contributed by atoms with Crippen LogP contribution >= 0.6 is 0 Å². The topological polar surface area (TPSA) is 50.8 Å². The van der Waals surface area contributed by atoms with E-state index in [2.05, 4.69) is 27.6 Å². The first-order chi connectivity index (χ1) is 9.81. The Morgan fingerprint density at radius 3 is 3.00 bits per heavy atom. The van der Waals surface area contributed by atoms with E-state index in [1.54, 1.807) is 19.5 Å². The summed E-state index contributed by atoms with van der Waals surface area (Å²) in [6.45, 7) is 3.75. The summed E-state index contributed by atoms with van der Waals surface area (Å²) in [4.78, 5) is 11.9. The highest BCUT2D eigenvalue weighted by atomic mass is 16.5. The number of hydrogen-bond acceptors (Lipinski definition) is 3. The van der Waals surface area contributed by atoms with E-state index in [0.717, 1.165) is 34.6 Å². The van der Waals surface area contributed by atoms with Crippen LogP contribution in [0.25, 0.3) is 22.4 Å². The molecule has 2 aromatic heterocycles. The van der Waals surface area contributed by atoms with Gasteiger partial charge in [0.2, 0.25) is 0 Å². The Balaban J connectivity index is 2.10. The summed E-state index contributed by atoms with van der Waals surface area (Å²) < 4.78 is 5.47. The fourth-order valence-corrected chi connectivity index (χ4v) is 2.21. The molecule has 0 aliphatic rings. The van der Waals surface area contributed by atoms with Crippen LogP contribution in [0.15, 0.2) is 49.3 Å². The van der Waals surface area contributed by atoms with Crippen molar-refractivity contribution in [3.8, 4) is 17.1 Å². The monoisotopic (exact) mass is 265 g/mol. The molecule has 1 aromatic carbocycles. The summed E-state index contributed by atoms with van der Waals surface area (Å²) in [7, 11) is 1.67. The maximum absolute atomic E-state index is 5.47. The van der Waals surface area contributed by atoms with E-state index < -0.39 is 0 Å². The average molecular weight is 265 g/mol. The van der Waals surface area contributed by atoms with Gasteiger partial charge in [0.1, 0.15) is 11.6 Å². The number of nitrogens with zero attached hydrogens (tertiary/aromatic N) is 2. The lowest BCUT2D eigenvalue weighted by Gasteiger charge is -2.08. The Morgan fingerprint density at radius 1 is 1.35 bits per heavy atom. The van der Waals surface area contributed by atoms with Crippen molar-refractivity contribution in [2.45, 2.75) is 6.42 Å². The molecule has 0 unspecified atom stereocenters. The second kappa shape index (κ2) is 5.17. The third-order valence-electron chi connectivity index (χ3n) is 3.18. The summed E-state index contributed by atoms with van der Waals surface area (Å²) in [5, 5.41) is 0. The van der Waals surface area contributed by atoms with E-state index in [0.29, 0.717) is 0 Å². The Bertz CT molecular complexity index is 728. The number of aromatic amines is 1. The van der Waals surface area contributed by atoms with E-state index in [1.165, 1.54) is 5.56 Å². The molecule has 4 nitrogen and oxygen atoms in total. The average Bonchev–Trinajstić information content (AvgIpc) is 2.91. The molecule has 3 aromatic rings. The van der Waals surface area contributed by atoms with Crippen molar-refractivity contribution in [3.05, 3.63) is 54.9 Å². The van der Waals surface area contributed by atoms with Gasteiger partial charge >= 0.3 is 0 Å². The number of H-pyrrole nitrogens is 1. The molecule has 0 aliphatic heterocycles. The van der Waals surface area contributed by atoms with Crippen LogP contribution in [0.4, 0.5) is 0 Å². The molecule has 0 amide bonds. The molecule has 0 bridgehead atoms. The van der Waals surface area contributed by atoms with Crippen LogP contribution in [0, 0.1) is 0 Å². The van der Waals surface area contributed by atoms with Crippen LogP contribution in [0.2, 0.25) is 0 Å². The number of benzene rings is 1. The lowest BCUT2D eigenvalue weighted by atomic mass is 10.1. The van der Waals surface area contributed by atoms with Crippen LogP contribution in [-0.4, -0.2) is 22.1 Å². The zero-order valence-electron chi connectivity index (χ0n) is 11.3. The summed E-state index contributed by atoms with van der Waals surface area (Å²) in [5.74, 6) is 1.59. The van der Waals surface area contributed by atoms with Crippen LogP contribution in [0.3, 0.4) is 0 Å². The molecule has 100 valence electrons. The van der Waals surface area contributed by atoms with E-state index in [-0.39, 0.29) is 0 Å². The standard InChI is InChI=1S/C16H15N3O/c1-3-4-11-5-6-12(15(9-11)20-2)16-18-13-7-8-17-10-14(13)19-16/h3,5-10H,1,4H2,2H3,(H,18,19). The number of methoxy groups -OCH3 is 1. The highest BCUT2D eigenvalue weighted by molar-refractivity contribution is 5.79. The van der Waals surface area contributed by atoms with Gasteiger partial charge in [0.25, 0.3) is 0 Å². The fraction of sp³-hybridized carbons (Fsp3) is 0.125. The molecule has 4 heteroatoms. The molecule has 0 atom stereocenters. The summed E-state index contributed by atoms with van der Waals surface area (Å²) in [6.07, 6.45) is 6.20. The first-order valence-corrected chi connectivity index (χ1v) is 6.39. The fourth-order valence-electron chi connectivity index (χ4n) is 2.21. The number of fused-ring (bicyclic) bond motifs is 1. The molecular formula is C16H15N3O. The predicted octanol–water partition coefficient (Wildman–Crippen LogP) is 3.36. The van der Waals surface area contributed by atoms with E-state index in [4.69, 9.17) is 4.74 Å². The molecule has 0 saturated heterocycles. The third kappa shape index (κ3) is 2.16. The van der Waals surface area contributed by atoms with Crippen LogP contribution in [-0.2, 0) is 6.42 Å². The van der Waals surface area contributed by atoms with Gasteiger partial charge in [0.05, 0.1) is 29.9 Å². The highest BCUT2D eigenvalue weighted by Crippen LogP contribution is 2.30. The SMILES string of the molecule is C=CCc1ccc(-c2nc3ccncc3[nH]2)c(OC)c1. The number of imidazole rings is 1. The molecule has 2 heterocycles. The number of nitrogens with one attached hydrogen (secondary N) is 1. The molecule has 0 aliphatic carbocycles. The van der Waals surface area contributed by atoms with Gasteiger partial charge in [0, 0.05) is 6.20 Å². The van der Waals surface area contributed by atoms with Gasteiger partial charge in [-0.05, 0) is 30.2 Å². The maximum Gasteiger partial charge on any atom is 0.142 e. The molecule has 3 rings (SSSR count). The van der Waals surface area contributed by atoms with Gasteiger partial charge in [-0.3, -0.25) is 4.98 Å². The number of hydrogen-bond donors (Lipinski definition) is 1. The molecule has 20 heavy (non-hydrogen) atoms. The molecule has 0 radical (unpaired) electrons. The minimum absolute atomic E-state index is 0.787. The number of rotatable bonds is 4. The zero-order chi connectivity index (χ0) is 13.9. The van der Waals surface area contributed by atoms with Crippen molar-refractivity contribution in [1.29, 1.82) is 0 Å². The van der Waals surface area contributed by atoms with Gasteiger partial charge in [-0.1, -0.05) is 12.1 Å². The van der Waals surface area contributed by atoms with Crippen molar-refractivity contribution in [3.63, 3.8) is 0 Å². The predicted molar refractivity (Wildman–Crippen MR) is 79.8 cm³/mol. The van der Waals surface area contributed by atoms with Gasteiger partial charge < -0.3 is 9.72 Å². The molecule has 1 N–H and O–H groups in total. The smallest absolute Gasteiger partial charge is 0.142 e. The highest BCUT2D eigenvalue weighted by Gasteiger charge is 2.11. The largest absolute Gasteiger partial charge is 0.496 e. The Kier molecular flexibility index (Phi) is 3.21. The molecule has 0 saturated carbocycles. The number of allylic oxidation sites excluding steroid dienone is 1. The lowest BCUT2D eigenvalue weighted by Crippen LogP contribution is -1.91. The molecular weight excluding hydrogens is 250 g/mol. The van der Waals surface area contributed by atoms with Gasteiger partial charge in [0.15, 0.2) is 0 Å². The summed E-state index contributed by atoms with van der Waals surface area (Å²) >= 11 is 0. The van der Waals surface area contributed by atoms with Gasteiger partial charge in [-0.25, -0.2) is 4.98 Å². The Morgan fingerprint density at radius 2 is 2.25 bits per heavy atom. The minimum atomic E-state index is 0.787. The maximum atomic E-state index is 5.47. The second-order valence-electron chi connectivity index (χ2n) is 4.51. The Hall–Kier alpha value is -2.62. The zero-order valence-corrected chi connectivity index (χ0v) is 11.3. The quantitative estimate of drug-likeness (QED) is 0.736. The molecule has 0 spiro atoms. The van der Waals surface area contributed by atoms with Crippen molar-refractivity contribution in [2.75, 3.05) is 7.11 Å². The Labute approximate surface area is 117 Å². The lowest BCUT2D eigenvalue weighted by molar-refractivity contribution is 0.416. The van der Waals surface area contributed by atoms with Crippen LogP contribution in [0.1, 0.15) is 5.56 Å². The van der Waals surface area contributed by atoms with E-state index in [1.807, 2.05) is 24.3 Å². The first-order valence-electron chi connectivity index (χ1n) is 6.39. The van der Waals surface area contributed by atoms with Crippen molar-refractivity contribution < 1.29 is 4.74 Å². The molecule has 0 fully saturated rings. The minimum Gasteiger partial charge on any atom is -0.496 e. The normalized spacial score (nSPS) is 10.7. The number of aromatic nitrogens is 3. The number of pyridine rings is 1. The van der Waals surface area contributed by atoms with Crippen LogP contribution < -0.4 is 4.74 Å². The number of ether oxygens (including phenoxy) is 1. The van der Waals surface area contributed by atoms with Crippen molar-refractivity contribution in [1.82, 2.24) is 15.0 Å². The van der Waals surface area contributed by atoms with Crippen LogP contribution in [0.5, 0.6) is 5.75 Å². The second-order valence-corrected chi connectivity index (χ2v) is 4.51. The summed E-state index contributed by atoms with van der Waals surface area (Å²) in [6, 6.07) is 7.98. The first kappa shape index (κ1) is 12.4. The van der Waals surface area contributed by atoms with E-state index >= 15 is 0 Å². The van der Waals surface area contributed by atoms with E-state index in [9.17, 15) is 0 Å². The van der Waals surface area contributed by atoms with Gasteiger partial charge in [-0.2, -0.15) is 0 Å². The van der Waals surface area contributed by atoms with Crippen molar-refractivity contribution >= 4 is 11.0 Å².